The fourth-order valence-corrected chi connectivity index (χ4v) is 2.99. The zero-order chi connectivity index (χ0) is 20.3. The van der Waals surface area contributed by atoms with Crippen LogP contribution in [0.1, 0.15) is 30.9 Å². The Hall–Kier alpha value is -2.90. The molecular formula is C20H18F4N2O2. The molecule has 1 atom stereocenters. The van der Waals surface area contributed by atoms with Crippen molar-refractivity contribution < 1.29 is 27.2 Å². The maximum atomic E-state index is 13.9. The second-order valence-electron chi connectivity index (χ2n) is 6.46. The lowest BCUT2D eigenvalue weighted by molar-refractivity contribution is -0.133. The van der Waals surface area contributed by atoms with Gasteiger partial charge in [0, 0.05) is 42.6 Å². The molecule has 3 rings (SSSR count). The fraction of sp³-hybridized carbons (Fsp3) is 0.300. The first-order valence-corrected chi connectivity index (χ1v) is 8.77. The number of nitrogens with zero attached hydrogens (tertiary/aromatic N) is 2. The van der Waals surface area contributed by atoms with E-state index in [0.29, 0.717) is 5.71 Å². The first-order chi connectivity index (χ1) is 13.4. The van der Waals surface area contributed by atoms with Crippen LogP contribution in [0.3, 0.4) is 0 Å². The van der Waals surface area contributed by atoms with Crippen molar-refractivity contribution >= 4 is 11.6 Å². The summed E-state index contributed by atoms with van der Waals surface area (Å²) in [4.78, 5) is 18.9. The van der Waals surface area contributed by atoms with E-state index in [1.54, 1.807) is 6.92 Å². The van der Waals surface area contributed by atoms with Crippen LogP contribution in [0.15, 0.2) is 41.6 Å². The SMILES string of the molecule is CCC(=O)N(Cc1ccc(F)cc1F)CC1CC(c2ccc(F)cc2F)=NO1. The van der Waals surface area contributed by atoms with Gasteiger partial charge in [-0.2, -0.15) is 0 Å². The minimum atomic E-state index is -0.752. The summed E-state index contributed by atoms with van der Waals surface area (Å²) in [5.41, 5.74) is 0.605. The third-order valence-corrected chi connectivity index (χ3v) is 4.43. The number of carbonyl (C=O) groups excluding carboxylic acids is 1. The van der Waals surface area contributed by atoms with Gasteiger partial charge in [0.25, 0.3) is 0 Å². The molecule has 0 N–H and O–H groups in total. The van der Waals surface area contributed by atoms with Crippen LogP contribution in [0.25, 0.3) is 0 Å². The third kappa shape index (κ3) is 4.49. The van der Waals surface area contributed by atoms with E-state index >= 15 is 0 Å². The second-order valence-corrected chi connectivity index (χ2v) is 6.46. The number of rotatable bonds is 6. The average molecular weight is 394 g/mol. The lowest BCUT2D eigenvalue weighted by Gasteiger charge is -2.24. The molecule has 2 aromatic carbocycles. The molecule has 0 aromatic heterocycles. The van der Waals surface area contributed by atoms with Crippen molar-refractivity contribution in [2.75, 3.05) is 6.54 Å². The van der Waals surface area contributed by atoms with Crippen LogP contribution >= 0.6 is 0 Å². The first-order valence-electron chi connectivity index (χ1n) is 8.77. The molecule has 1 unspecified atom stereocenters. The molecule has 0 saturated heterocycles. The number of benzene rings is 2. The van der Waals surface area contributed by atoms with Crippen LogP contribution in [0, 0.1) is 23.3 Å². The lowest BCUT2D eigenvalue weighted by Crippen LogP contribution is -2.37. The third-order valence-electron chi connectivity index (χ3n) is 4.43. The second kappa shape index (κ2) is 8.41. The molecule has 1 amide bonds. The zero-order valence-corrected chi connectivity index (χ0v) is 15.1. The topological polar surface area (TPSA) is 41.9 Å². The highest BCUT2D eigenvalue weighted by molar-refractivity contribution is 6.01. The highest BCUT2D eigenvalue weighted by atomic mass is 19.1. The standard InChI is InChI=1S/C20H18F4N2O2/c1-2-20(27)26(10-12-3-4-13(21)7-17(12)23)11-15-9-19(25-28-15)16-6-5-14(22)8-18(16)24/h3-8,15H,2,9-11H2,1H3. The molecule has 1 heterocycles. The Morgan fingerprint density at radius 1 is 1.11 bits per heavy atom. The van der Waals surface area contributed by atoms with Gasteiger partial charge in [-0.3, -0.25) is 4.79 Å². The minimum Gasteiger partial charge on any atom is -0.390 e. The normalized spacial score (nSPS) is 15.9. The molecule has 0 radical (unpaired) electrons. The summed E-state index contributed by atoms with van der Waals surface area (Å²) in [6.45, 7) is 1.71. The van der Waals surface area contributed by atoms with Crippen LogP contribution in [-0.2, 0) is 16.2 Å². The van der Waals surface area contributed by atoms with Gasteiger partial charge in [-0.25, -0.2) is 17.6 Å². The minimum absolute atomic E-state index is 0.0567. The quantitative estimate of drug-likeness (QED) is 0.690. The Bertz CT molecular complexity index is 917. The maximum Gasteiger partial charge on any atom is 0.222 e. The van der Waals surface area contributed by atoms with E-state index in [1.807, 2.05) is 0 Å². The number of amides is 1. The summed E-state index contributed by atoms with van der Waals surface area (Å²) in [7, 11) is 0. The molecule has 2 aromatic rings. The van der Waals surface area contributed by atoms with Crippen LogP contribution in [0.4, 0.5) is 17.6 Å². The van der Waals surface area contributed by atoms with Gasteiger partial charge in [-0.05, 0) is 18.2 Å². The zero-order valence-electron chi connectivity index (χ0n) is 15.1. The summed E-state index contributed by atoms with van der Waals surface area (Å²) in [6.07, 6.45) is -0.156. The van der Waals surface area contributed by atoms with Crippen LogP contribution in [0.2, 0.25) is 0 Å². The van der Waals surface area contributed by atoms with Crippen molar-refractivity contribution in [3.63, 3.8) is 0 Å². The first kappa shape index (κ1) is 19.9. The van der Waals surface area contributed by atoms with Crippen LogP contribution < -0.4 is 0 Å². The van der Waals surface area contributed by atoms with E-state index in [0.717, 1.165) is 24.3 Å². The molecule has 8 heteroatoms. The van der Waals surface area contributed by atoms with Gasteiger partial charge in [0.1, 0.15) is 23.3 Å². The van der Waals surface area contributed by atoms with E-state index < -0.39 is 29.4 Å². The molecule has 0 fully saturated rings. The molecule has 1 aliphatic heterocycles. The predicted molar refractivity (Wildman–Crippen MR) is 94.5 cm³/mol. The fourth-order valence-electron chi connectivity index (χ4n) is 2.99. The molecule has 0 spiro atoms. The Morgan fingerprint density at radius 3 is 2.43 bits per heavy atom. The summed E-state index contributed by atoms with van der Waals surface area (Å²) in [5.74, 6) is -3.13. The van der Waals surface area contributed by atoms with Gasteiger partial charge in [0.05, 0.1) is 12.3 Å². The molecule has 148 valence electrons. The molecule has 28 heavy (non-hydrogen) atoms. The lowest BCUT2D eigenvalue weighted by atomic mass is 10.0. The highest BCUT2D eigenvalue weighted by Gasteiger charge is 2.28. The van der Waals surface area contributed by atoms with Gasteiger partial charge in [-0.15, -0.1) is 0 Å². The van der Waals surface area contributed by atoms with Crippen molar-refractivity contribution in [2.45, 2.75) is 32.4 Å². The maximum absolute atomic E-state index is 13.9. The number of carbonyl (C=O) groups is 1. The summed E-state index contributed by atoms with van der Waals surface area (Å²) in [6, 6.07) is 6.32. The van der Waals surface area contributed by atoms with Crippen LogP contribution in [0.5, 0.6) is 0 Å². The van der Waals surface area contributed by atoms with Crippen molar-refractivity contribution in [2.24, 2.45) is 5.16 Å². The molecule has 1 aliphatic rings. The smallest absolute Gasteiger partial charge is 0.222 e. The Morgan fingerprint density at radius 2 is 1.79 bits per heavy atom. The largest absolute Gasteiger partial charge is 0.390 e. The number of hydrogen-bond donors (Lipinski definition) is 0. The Kier molecular flexibility index (Phi) is 5.96. The summed E-state index contributed by atoms with van der Waals surface area (Å²) in [5, 5.41) is 3.84. The van der Waals surface area contributed by atoms with E-state index in [2.05, 4.69) is 5.16 Å². The van der Waals surface area contributed by atoms with Crippen molar-refractivity contribution in [1.82, 2.24) is 4.90 Å². The number of oxime groups is 1. The van der Waals surface area contributed by atoms with Crippen molar-refractivity contribution in [3.05, 3.63) is 70.8 Å². The number of hydrogen-bond acceptors (Lipinski definition) is 3. The Balaban J connectivity index is 1.70. The van der Waals surface area contributed by atoms with E-state index in [1.165, 1.54) is 17.0 Å². The molecule has 0 aliphatic carbocycles. The molecule has 0 saturated carbocycles. The molecule has 4 nitrogen and oxygen atoms in total. The monoisotopic (exact) mass is 394 g/mol. The Labute approximate surface area is 159 Å². The highest BCUT2D eigenvalue weighted by Crippen LogP contribution is 2.22. The van der Waals surface area contributed by atoms with Crippen molar-refractivity contribution in [1.29, 1.82) is 0 Å². The predicted octanol–water partition coefficient (Wildman–Crippen LogP) is 4.17. The van der Waals surface area contributed by atoms with E-state index in [-0.39, 0.29) is 43.0 Å². The van der Waals surface area contributed by atoms with Gasteiger partial charge < -0.3 is 9.74 Å². The van der Waals surface area contributed by atoms with E-state index in [9.17, 15) is 22.4 Å². The van der Waals surface area contributed by atoms with Gasteiger partial charge >= 0.3 is 0 Å². The van der Waals surface area contributed by atoms with Crippen molar-refractivity contribution in [3.8, 4) is 0 Å². The van der Waals surface area contributed by atoms with E-state index in [4.69, 9.17) is 4.84 Å². The molecule has 0 bridgehead atoms. The molecular weight excluding hydrogens is 376 g/mol. The number of halogens is 4. The summed E-state index contributed by atoms with van der Waals surface area (Å²) < 4.78 is 54.0. The average Bonchev–Trinajstić information content (AvgIpc) is 3.10. The van der Waals surface area contributed by atoms with Gasteiger partial charge in [0.15, 0.2) is 6.10 Å². The summed E-state index contributed by atoms with van der Waals surface area (Å²) >= 11 is 0. The van der Waals surface area contributed by atoms with Gasteiger partial charge in [-0.1, -0.05) is 18.1 Å². The van der Waals surface area contributed by atoms with Gasteiger partial charge in [0.2, 0.25) is 5.91 Å². The van der Waals surface area contributed by atoms with Crippen LogP contribution in [-0.4, -0.2) is 29.2 Å².